The molecule has 0 rings (SSSR count). The Kier molecular flexibility index (Phi) is 7.76. The van der Waals surface area contributed by atoms with E-state index >= 15 is 0 Å². The van der Waals surface area contributed by atoms with E-state index in [4.69, 9.17) is 15.0 Å². The standard InChI is InChI=1S/C3H6O2.CH4N2O/c1-2-3(4)5;2-1(3)4/h2,4-5H,1H3;(H4,2,3,4). The number of rotatable bonds is 0. The largest absolute Gasteiger partial charge is 0.481 e. The molecule has 5 heteroatoms. The smallest absolute Gasteiger partial charge is 0.309 e. The van der Waals surface area contributed by atoms with Gasteiger partial charge in [-0.25, -0.2) is 4.79 Å². The van der Waals surface area contributed by atoms with Crippen LogP contribution in [0.15, 0.2) is 12.0 Å². The lowest BCUT2D eigenvalue weighted by molar-refractivity contribution is 0.190. The maximum absolute atomic E-state index is 9.00. The molecule has 0 spiro atoms. The van der Waals surface area contributed by atoms with Crippen LogP contribution >= 0.6 is 0 Å². The summed E-state index contributed by atoms with van der Waals surface area (Å²) < 4.78 is 0. The highest BCUT2D eigenvalue weighted by molar-refractivity contribution is 5.69. The van der Waals surface area contributed by atoms with Crippen molar-refractivity contribution in [3.8, 4) is 0 Å². The number of carbonyl (C=O) groups is 1. The quantitative estimate of drug-likeness (QED) is 0.349. The van der Waals surface area contributed by atoms with Gasteiger partial charge in [0.05, 0.1) is 0 Å². The van der Waals surface area contributed by atoms with Gasteiger partial charge in [0.15, 0.2) is 0 Å². The first-order chi connectivity index (χ1) is 4.00. The SMILES string of the molecule is CC=C(O)O.NC(N)=O. The molecule has 0 aromatic carbocycles. The number of hydrogen-bond donors (Lipinski definition) is 4. The molecule has 0 radical (unpaired) electrons. The Bertz CT molecular complexity index is 102. The first-order valence-corrected chi connectivity index (χ1v) is 2.09. The molecule has 0 saturated heterocycles. The molecule has 2 amide bonds. The molecule has 0 aliphatic heterocycles. The summed E-state index contributed by atoms with van der Waals surface area (Å²) in [5, 5.41) is 15.6. The van der Waals surface area contributed by atoms with E-state index in [1.807, 2.05) is 0 Å². The van der Waals surface area contributed by atoms with Crippen LogP contribution in [0.3, 0.4) is 0 Å². The summed E-state index contributed by atoms with van der Waals surface area (Å²) in [6.45, 7) is 1.54. The zero-order valence-corrected chi connectivity index (χ0v) is 5.03. The minimum Gasteiger partial charge on any atom is -0.481 e. The van der Waals surface area contributed by atoms with E-state index in [9.17, 15) is 0 Å². The van der Waals surface area contributed by atoms with Crippen molar-refractivity contribution in [1.29, 1.82) is 0 Å². The highest BCUT2D eigenvalue weighted by Gasteiger charge is 1.67. The van der Waals surface area contributed by atoms with Gasteiger partial charge < -0.3 is 21.7 Å². The lowest BCUT2D eigenvalue weighted by atomic mass is 10.7. The Morgan fingerprint density at radius 1 is 1.44 bits per heavy atom. The second-order valence-corrected chi connectivity index (χ2v) is 1.05. The van der Waals surface area contributed by atoms with Crippen molar-refractivity contribution in [2.75, 3.05) is 0 Å². The lowest BCUT2D eigenvalue weighted by Crippen LogP contribution is -2.18. The summed E-state index contributed by atoms with van der Waals surface area (Å²) in [5.74, 6) is -0.620. The van der Waals surface area contributed by atoms with E-state index in [-0.39, 0.29) is 0 Å². The molecule has 0 atom stereocenters. The second-order valence-electron chi connectivity index (χ2n) is 1.05. The van der Waals surface area contributed by atoms with Crippen LogP contribution in [0.4, 0.5) is 4.79 Å². The van der Waals surface area contributed by atoms with Gasteiger partial charge in [0.2, 0.25) is 0 Å². The first kappa shape index (κ1) is 10.6. The fraction of sp³-hybridized carbons (Fsp3) is 0.250. The van der Waals surface area contributed by atoms with E-state index in [1.165, 1.54) is 13.0 Å². The van der Waals surface area contributed by atoms with Crippen LogP contribution < -0.4 is 11.5 Å². The van der Waals surface area contributed by atoms with Crippen LogP contribution in [0.25, 0.3) is 0 Å². The molecule has 5 nitrogen and oxygen atoms in total. The number of carbonyl (C=O) groups excluding carboxylic acids is 1. The van der Waals surface area contributed by atoms with Crippen molar-refractivity contribution in [2.24, 2.45) is 11.5 Å². The molecule has 0 aromatic heterocycles. The summed E-state index contributed by atoms with van der Waals surface area (Å²) in [4.78, 5) is 9.00. The van der Waals surface area contributed by atoms with E-state index < -0.39 is 12.0 Å². The average Bonchev–Trinajstić information content (AvgIpc) is 1.65. The van der Waals surface area contributed by atoms with E-state index in [1.54, 1.807) is 0 Å². The van der Waals surface area contributed by atoms with Crippen molar-refractivity contribution in [3.05, 3.63) is 12.0 Å². The van der Waals surface area contributed by atoms with Crippen LogP contribution in [0.1, 0.15) is 6.92 Å². The summed E-state index contributed by atoms with van der Waals surface area (Å²) in [7, 11) is 0. The summed E-state index contributed by atoms with van der Waals surface area (Å²) in [6.07, 6.45) is 1.19. The Balaban J connectivity index is 0. The zero-order valence-electron chi connectivity index (χ0n) is 5.03. The van der Waals surface area contributed by atoms with Gasteiger partial charge in [-0.05, 0) is 13.0 Å². The highest BCUT2D eigenvalue weighted by atomic mass is 16.5. The normalized spacial score (nSPS) is 6.33. The second kappa shape index (κ2) is 6.61. The van der Waals surface area contributed by atoms with Gasteiger partial charge in [-0.3, -0.25) is 0 Å². The Hall–Kier alpha value is -1.39. The fourth-order valence-corrected chi connectivity index (χ4v) is 0. The molecule has 9 heavy (non-hydrogen) atoms. The zero-order chi connectivity index (χ0) is 7.86. The van der Waals surface area contributed by atoms with Crippen LogP contribution in [0, 0.1) is 0 Å². The third-order valence-electron chi connectivity index (χ3n) is 0.258. The van der Waals surface area contributed by atoms with Crippen molar-refractivity contribution in [2.45, 2.75) is 6.92 Å². The van der Waals surface area contributed by atoms with Crippen LogP contribution in [-0.4, -0.2) is 16.2 Å². The Labute approximate surface area is 52.6 Å². The third kappa shape index (κ3) is 378. The van der Waals surface area contributed by atoms with Crippen LogP contribution in [0.5, 0.6) is 0 Å². The molecule has 0 saturated carbocycles. The van der Waals surface area contributed by atoms with E-state index in [2.05, 4.69) is 11.5 Å². The number of amides is 2. The molecular weight excluding hydrogens is 124 g/mol. The molecule has 0 fully saturated rings. The molecule has 0 aliphatic rings. The van der Waals surface area contributed by atoms with Gasteiger partial charge in [0.25, 0.3) is 5.95 Å². The van der Waals surface area contributed by atoms with Crippen molar-refractivity contribution in [3.63, 3.8) is 0 Å². The molecule has 0 unspecified atom stereocenters. The number of aliphatic hydroxyl groups is 2. The molecule has 0 bridgehead atoms. The van der Waals surface area contributed by atoms with Gasteiger partial charge in [0, 0.05) is 0 Å². The minimum atomic E-state index is -0.833. The van der Waals surface area contributed by atoms with E-state index in [0.29, 0.717) is 0 Å². The van der Waals surface area contributed by atoms with Crippen molar-refractivity contribution < 1.29 is 15.0 Å². The average molecular weight is 134 g/mol. The maximum atomic E-state index is 9.00. The summed E-state index contributed by atoms with van der Waals surface area (Å²) in [5.41, 5.74) is 8.50. The van der Waals surface area contributed by atoms with Crippen molar-refractivity contribution >= 4 is 6.03 Å². The van der Waals surface area contributed by atoms with Crippen LogP contribution in [-0.2, 0) is 0 Å². The molecule has 0 aliphatic carbocycles. The molecule has 54 valence electrons. The summed E-state index contributed by atoms with van der Waals surface area (Å²) >= 11 is 0. The number of aliphatic hydroxyl groups excluding tert-OH is 1. The van der Waals surface area contributed by atoms with Gasteiger partial charge in [-0.2, -0.15) is 0 Å². The molecule has 0 aromatic rings. The molecule has 0 heterocycles. The number of urea groups is 1. The first-order valence-electron chi connectivity index (χ1n) is 2.09. The Morgan fingerprint density at radius 2 is 1.56 bits per heavy atom. The van der Waals surface area contributed by atoms with Gasteiger partial charge in [-0.15, -0.1) is 0 Å². The predicted molar refractivity (Wildman–Crippen MR) is 32.8 cm³/mol. The topological polar surface area (TPSA) is 110 Å². The number of hydrogen-bond acceptors (Lipinski definition) is 3. The van der Waals surface area contributed by atoms with Gasteiger partial charge >= 0.3 is 6.03 Å². The van der Waals surface area contributed by atoms with Gasteiger partial charge in [-0.1, -0.05) is 0 Å². The number of nitrogens with two attached hydrogens (primary N) is 2. The number of allylic oxidation sites excluding steroid dienone is 1. The minimum absolute atomic E-state index is 0.620. The predicted octanol–water partition coefficient (Wildman–Crippen LogP) is -0.0125. The summed E-state index contributed by atoms with van der Waals surface area (Å²) in [6, 6.07) is -0.833. The third-order valence-corrected chi connectivity index (χ3v) is 0.258. The fourth-order valence-electron chi connectivity index (χ4n) is 0. The van der Waals surface area contributed by atoms with Crippen LogP contribution in [0.2, 0.25) is 0 Å². The number of primary amides is 2. The lowest BCUT2D eigenvalue weighted by Gasteiger charge is -1.75. The molecular formula is C4H10N2O3. The van der Waals surface area contributed by atoms with Crippen molar-refractivity contribution in [1.82, 2.24) is 0 Å². The van der Waals surface area contributed by atoms with Gasteiger partial charge in [0.1, 0.15) is 0 Å². The Morgan fingerprint density at radius 3 is 1.56 bits per heavy atom. The maximum Gasteiger partial charge on any atom is 0.309 e. The molecule has 6 N–H and O–H groups in total. The van der Waals surface area contributed by atoms with E-state index in [0.717, 1.165) is 0 Å². The monoisotopic (exact) mass is 134 g/mol. The highest BCUT2D eigenvalue weighted by Crippen LogP contribution is 1.71.